The standard InChI is InChI=1S/C43H63N7O8/c1-28(33-26-44-27-49(33)5)34(47-41(56)58-42(2,3)4)38(53)50-24-16-21-32(50)36(51)48-43(22-14-9-15-23-43)40(55)46-35(30-19-12-8-13-20-30)37(52)45-31(39(54)57-6)25-29-17-10-7-11-18-29/h7,10-11,17-18,26-28,30-32,34-35H,8-9,12-16,19-25H2,1-6H3,(H,45,52)(H,46,55)(H,47,56)(H,48,51)/t28-,31+,32-,34+,35?/m1/s1. The second kappa shape index (κ2) is 19.7. The Morgan fingerprint density at radius 3 is 2.19 bits per heavy atom. The number of nitrogens with zero attached hydrogens (tertiary/aromatic N) is 3. The molecule has 2 heterocycles. The third-order valence-corrected chi connectivity index (χ3v) is 11.9. The van der Waals surface area contributed by atoms with Crippen LogP contribution in [-0.2, 0) is 46.9 Å². The molecule has 3 fully saturated rings. The number of esters is 1. The van der Waals surface area contributed by atoms with Gasteiger partial charge in [-0.2, -0.15) is 0 Å². The molecule has 1 aromatic heterocycles. The molecule has 0 spiro atoms. The highest BCUT2D eigenvalue weighted by atomic mass is 16.6. The van der Waals surface area contributed by atoms with E-state index in [1.165, 1.54) is 12.0 Å². The normalized spacial score (nSPS) is 20.4. The van der Waals surface area contributed by atoms with Crippen molar-refractivity contribution in [3.63, 3.8) is 0 Å². The van der Waals surface area contributed by atoms with Gasteiger partial charge in [0.15, 0.2) is 0 Å². The number of hydrogen-bond donors (Lipinski definition) is 4. The minimum atomic E-state index is -1.32. The fraction of sp³-hybridized carbons (Fsp3) is 0.651. The highest BCUT2D eigenvalue weighted by molar-refractivity contribution is 5.98. The number of ether oxygens (including phenoxy) is 2. The van der Waals surface area contributed by atoms with Crippen molar-refractivity contribution in [2.45, 2.75) is 152 Å². The molecule has 58 heavy (non-hydrogen) atoms. The highest BCUT2D eigenvalue weighted by Gasteiger charge is 2.47. The van der Waals surface area contributed by atoms with E-state index in [4.69, 9.17) is 9.47 Å². The average Bonchev–Trinajstić information content (AvgIpc) is 3.88. The predicted octanol–water partition coefficient (Wildman–Crippen LogP) is 4.19. The van der Waals surface area contributed by atoms with E-state index in [-0.39, 0.29) is 18.9 Å². The molecule has 5 amide bonds. The first-order valence-corrected chi connectivity index (χ1v) is 20.9. The molecule has 1 unspecified atom stereocenters. The van der Waals surface area contributed by atoms with Crippen molar-refractivity contribution in [2.75, 3.05) is 13.7 Å². The number of methoxy groups -OCH3 is 1. The maximum absolute atomic E-state index is 14.7. The monoisotopic (exact) mass is 805 g/mol. The van der Waals surface area contributed by atoms with Crippen molar-refractivity contribution >= 4 is 35.7 Å². The first kappa shape index (κ1) is 44.2. The Morgan fingerprint density at radius 1 is 0.897 bits per heavy atom. The number of nitrogens with one attached hydrogen (secondary N) is 4. The lowest BCUT2D eigenvalue weighted by Gasteiger charge is -2.40. The minimum Gasteiger partial charge on any atom is -0.467 e. The molecule has 15 nitrogen and oxygen atoms in total. The average molecular weight is 806 g/mol. The molecule has 3 aliphatic rings. The fourth-order valence-electron chi connectivity index (χ4n) is 8.77. The second-order valence-corrected chi connectivity index (χ2v) is 17.3. The molecular formula is C43H63N7O8. The van der Waals surface area contributed by atoms with Gasteiger partial charge in [-0.1, -0.05) is 75.8 Å². The number of carbonyl (C=O) groups is 6. The molecule has 2 aromatic rings. The summed E-state index contributed by atoms with van der Waals surface area (Å²) >= 11 is 0. The second-order valence-electron chi connectivity index (χ2n) is 17.3. The summed E-state index contributed by atoms with van der Waals surface area (Å²) in [4.78, 5) is 89.5. The van der Waals surface area contributed by atoms with E-state index in [1.54, 1.807) is 44.9 Å². The smallest absolute Gasteiger partial charge is 0.408 e. The van der Waals surface area contributed by atoms with Gasteiger partial charge in [-0.3, -0.25) is 19.2 Å². The molecule has 15 heteroatoms. The Morgan fingerprint density at radius 2 is 1.57 bits per heavy atom. The van der Waals surface area contributed by atoms with Gasteiger partial charge >= 0.3 is 12.1 Å². The maximum Gasteiger partial charge on any atom is 0.408 e. The van der Waals surface area contributed by atoms with Gasteiger partial charge in [-0.25, -0.2) is 14.6 Å². The molecule has 5 atom stereocenters. The van der Waals surface area contributed by atoms with Crippen LogP contribution in [0.5, 0.6) is 0 Å². The van der Waals surface area contributed by atoms with Gasteiger partial charge in [0.05, 0.1) is 13.4 Å². The fourth-order valence-corrected chi connectivity index (χ4v) is 8.77. The number of aryl methyl sites for hydroxylation is 1. The number of amides is 5. The Hall–Kier alpha value is -4.95. The van der Waals surface area contributed by atoms with E-state index < -0.39 is 76.9 Å². The van der Waals surface area contributed by atoms with Gasteiger partial charge in [-0.15, -0.1) is 0 Å². The van der Waals surface area contributed by atoms with Gasteiger partial charge in [0, 0.05) is 37.8 Å². The Bertz CT molecular complexity index is 1750. The van der Waals surface area contributed by atoms with Crippen molar-refractivity contribution in [1.82, 2.24) is 35.7 Å². The van der Waals surface area contributed by atoms with Crippen LogP contribution in [0.2, 0.25) is 0 Å². The first-order valence-electron chi connectivity index (χ1n) is 20.9. The quantitative estimate of drug-likeness (QED) is 0.203. The van der Waals surface area contributed by atoms with Crippen molar-refractivity contribution in [2.24, 2.45) is 13.0 Å². The van der Waals surface area contributed by atoms with Gasteiger partial charge in [-0.05, 0) is 70.8 Å². The molecule has 2 saturated carbocycles. The topological polar surface area (TPSA) is 190 Å². The zero-order valence-electron chi connectivity index (χ0n) is 35.0. The molecular weight excluding hydrogens is 743 g/mol. The zero-order valence-corrected chi connectivity index (χ0v) is 35.0. The number of rotatable bonds is 14. The number of imidazole rings is 1. The van der Waals surface area contributed by atoms with Crippen molar-refractivity contribution in [1.29, 1.82) is 0 Å². The van der Waals surface area contributed by atoms with Crippen LogP contribution in [0.15, 0.2) is 42.9 Å². The summed E-state index contributed by atoms with van der Waals surface area (Å²) in [6.07, 6.45) is 10.9. The highest BCUT2D eigenvalue weighted by Crippen LogP contribution is 2.33. The molecule has 4 N–H and O–H groups in total. The van der Waals surface area contributed by atoms with E-state index in [2.05, 4.69) is 26.3 Å². The number of aromatic nitrogens is 2. The summed E-state index contributed by atoms with van der Waals surface area (Å²) in [5.74, 6) is -3.10. The van der Waals surface area contributed by atoms with Gasteiger partial charge in [0.2, 0.25) is 23.6 Å². The maximum atomic E-state index is 14.7. The summed E-state index contributed by atoms with van der Waals surface area (Å²) in [6, 6.07) is 5.46. The Kier molecular flexibility index (Phi) is 15.0. The molecule has 0 bridgehead atoms. The third-order valence-electron chi connectivity index (χ3n) is 11.9. The van der Waals surface area contributed by atoms with Crippen LogP contribution >= 0.6 is 0 Å². The summed E-state index contributed by atoms with van der Waals surface area (Å²) < 4.78 is 12.4. The van der Waals surface area contributed by atoms with Crippen LogP contribution < -0.4 is 21.3 Å². The number of likely N-dealkylation sites (tertiary alicyclic amines) is 1. The molecule has 0 radical (unpaired) electrons. The molecule has 5 rings (SSSR count). The number of carbonyl (C=O) groups excluding carboxylic acids is 6. The number of benzene rings is 1. The van der Waals surface area contributed by atoms with E-state index in [9.17, 15) is 28.8 Å². The van der Waals surface area contributed by atoms with Crippen LogP contribution in [0.1, 0.15) is 122 Å². The van der Waals surface area contributed by atoms with Crippen LogP contribution in [0, 0.1) is 5.92 Å². The lowest BCUT2D eigenvalue weighted by Crippen LogP contribution is -2.66. The molecule has 2 aliphatic carbocycles. The first-order chi connectivity index (χ1) is 27.6. The van der Waals surface area contributed by atoms with Gasteiger partial charge in [0.1, 0.15) is 35.3 Å². The summed E-state index contributed by atoms with van der Waals surface area (Å²) in [7, 11) is 3.08. The van der Waals surface area contributed by atoms with Crippen molar-refractivity contribution in [3.8, 4) is 0 Å². The molecule has 318 valence electrons. The van der Waals surface area contributed by atoms with E-state index >= 15 is 0 Å². The molecule has 1 saturated heterocycles. The van der Waals surface area contributed by atoms with Crippen LogP contribution in [0.3, 0.4) is 0 Å². The van der Waals surface area contributed by atoms with Crippen LogP contribution in [-0.4, -0.2) is 99.1 Å². The van der Waals surface area contributed by atoms with Crippen LogP contribution in [0.4, 0.5) is 4.79 Å². The number of alkyl carbamates (subject to hydrolysis) is 1. The van der Waals surface area contributed by atoms with Crippen LogP contribution in [0.25, 0.3) is 0 Å². The summed E-state index contributed by atoms with van der Waals surface area (Å²) in [6.45, 7) is 7.31. The lowest BCUT2D eigenvalue weighted by molar-refractivity contribution is -0.146. The van der Waals surface area contributed by atoms with Crippen molar-refractivity contribution in [3.05, 3.63) is 54.1 Å². The Labute approximate surface area is 342 Å². The van der Waals surface area contributed by atoms with E-state index in [0.717, 1.165) is 44.1 Å². The SMILES string of the molecule is COC(=O)[C@H](Cc1ccccc1)NC(=O)C(NC(=O)C1(NC(=O)[C@H]2CCCN2C(=O)[C@@H](NC(=O)OC(C)(C)C)[C@H](C)c2cncn2C)CCCCC1)C1CCCCC1. The lowest BCUT2D eigenvalue weighted by atomic mass is 9.79. The van der Waals surface area contributed by atoms with E-state index in [1.807, 2.05) is 37.3 Å². The van der Waals surface area contributed by atoms with Crippen molar-refractivity contribution < 1.29 is 38.2 Å². The molecule has 1 aliphatic heterocycles. The Balaban J connectivity index is 1.36. The van der Waals surface area contributed by atoms with Gasteiger partial charge < -0.3 is 40.2 Å². The van der Waals surface area contributed by atoms with Gasteiger partial charge in [0.25, 0.3) is 0 Å². The summed E-state index contributed by atoms with van der Waals surface area (Å²) in [5.41, 5.74) is -0.567. The molecule has 1 aromatic carbocycles. The zero-order chi connectivity index (χ0) is 42.0. The third kappa shape index (κ3) is 11.2. The minimum absolute atomic E-state index is 0.164. The van der Waals surface area contributed by atoms with E-state index in [0.29, 0.717) is 44.2 Å². The number of hydrogen-bond acceptors (Lipinski definition) is 9. The largest absolute Gasteiger partial charge is 0.467 e. The predicted molar refractivity (Wildman–Crippen MR) is 216 cm³/mol. The summed E-state index contributed by atoms with van der Waals surface area (Å²) in [5, 5.41) is 11.9.